The number of primary amides is 1. The Labute approximate surface area is 135 Å². The van der Waals surface area contributed by atoms with Gasteiger partial charge in [-0.3, -0.25) is 9.59 Å². The Balaban J connectivity index is 1.96. The second-order valence-corrected chi connectivity index (χ2v) is 6.01. The van der Waals surface area contributed by atoms with Crippen LogP contribution in [-0.2, 0) is 14.3 Å². The molecule has 0 radical (unpaired) electrons. The first-order valence-corrected chi connectivity index (χ1v) is 7.47. The third-order valence-electron chi connectivity index (χ3n) is 3.59. The number of carbonyl (C=O) groups is 2. The van der Waals surface area contributed by atoms with Crippen molar-refractivity contribution < 1.29 is 19.1 Å². The molecule has 1 aliphatic heterocycles. The third kappa shape index (κ3) is 4.82. The molecule has 0 spiro atoms. The number of ether oxygens (including phenoxy) is 2. The van der Waals surface area contributed by atoms with E-state index in [4.69, 9.17) is 15.2 Å². The number of rotatable bonds is 5. The third-order valence-corrected chi connectivity index (χ3v) is 3.59. The molecule has 2 rings (SSSR count). The van der Waals surface area contributed by atoms with Crippen LogP contribution in [0.3, 0.4) is 0 Å². The maximum atomic E-state index is 12.3. The molecule has 1 aromatic carbocycles. The maximum absolute atomic E-state index is 12.3. The van der Waals surface area contributed by atoms with Crippen LogP contribution in [0.1, 0.15) is 19.4 Å². The SMILES string of the molecule is CC1(C)COCCN1C(=O)/C=C\c1ccc(OCC(N)=O)cc1. The van der Waals surface area contributed by atoms with Gasteiger partial charge in [-0.05, 0) is 37.6 Å². The molecule has 2 N–H and O–H groups in total. The van der Waals surface area contributed by atoms with Gasteiger partial charge in [-0.25, -0.2) is 0 Å². The van der Waals surface area contributed by atoms with Crippen LogP contribution in [0.2, 0.25) is 0 Å². The summed E-state index contributed by atoms with van der Waals surface area (Å²) in [4.78, 5) is 24.8. The number of morpholine rings is 1. The fourth-order valence-corrected chi connectivity index (χ4v) is 2.35. The van der Waals surface area contributed by atoms with Crippen LogP contribution in [0.4, 0.5) is 0 Å². The van der Waals surface area contributed by atoms with Crippen molar-refractivity contribution in [2.24, 2.45) is 5.73 Å². The van der Waals surface area contributed by atoms with Gasteiger partial charge in [0.25, 0.3) is 5.91 Å². The smallest absolute Gasteiger partial charge is 0.255 e. The summed E-state index contributed by atoms with van der Waals surface area (Å²) in [5.41, 5.74) is 5.59. The molecular formula is C17H22N2O4. The topological polar surface area (TPSA) is 81.9 Å². The normalized spacial score (nSPS) is 17.2. The highest BCUT2D eigenvalue weighted by Gasteiger charge is 2.32. The largest absolute Gasteiger partial charge is 0.484 e. The highest BCUT2D eigenvalue weighted by Crippen LogP contribution is 2.20. The van der Waals surface area contributed by atoms with E-state index >= 15 is 0 Å². The van der Waals surface area contributed by atoms with Gasteiger partial charge < -0.3 is 20.1 Å². The minimum Gasteiger partial charge on any atom is -0.484 e. The Hall–Kier alpha value is -2.34. The van der Waals surface area contributed by atoms with E-state index in [1.165, 1.54) is 0 Å². The molecule has 2 amide bonds. The Kier molecular flexibility index (Phi) is 5.39. The Morgan fingerprint density at radius 3 is 2.65 bits per heavy atom. The molecule has 1 fully saturated rings. The number of hydrogen-bond acceptors (Lipinski definition) is 4. The first-order chi connectivity index (χ1) is 10.9. The molecule has 6 nitrogen and oxygen atoms in total. The number of carbonyl (C=O) groups excluding carboxylic acids is 2. The van der Waals surface area contributed by atoms with Gasteiger partial charge in [-0.15, -0.1) is 0 Å². The van der Waals surface area contributed by atoms with Crippen LogP contribution in [0, 0.1) is 0 Å². The van der Waals surface area contributed by atoms with Crippen molar-refractivity contribution in [2.45, 2.75) is 19.4 Å². The Morgan fingerprint density at radius 1 is 1.35 bits per heavy atom. The van der Waals surface area contributed by atoms with Gasteiger partial charge >= 0.3 is 0 Å². The summed E-state index contributed by atoms with van der Waals surface area (Å²) in [6, 6.07) is 7.08. The quantitative estimate of drug-likeness (QED) is 0.827. The van der Waals surface area contributed by atoms with Gasteiger partial charge in [0.05, 0.1) is 18.8 Å². The zero-order valence-electron chi connectivity index (χ0n) is 13.5. The van der Waals surface area contributed by atoms with Gasteiger partial charge in [-0.2, -0.15) is 0 Å². The maximum Gasteiger partial charge on any atom is 0.255 e. The van der Waals surface area contributed by atoms with Crippen molar-refractivity contribution >= 4 is 17.9 Å². The van der Waals surface area contributed by atoms with E-state index in [0.29, 0.717) is 25.5 Å². The molecule has 0 saturated carbocycles. The van der Waals surface area contributed by atoms with E-state index in [9.17, 15) is 9.59 Å². The molecular weight excluding hydrogens is 296 g/mol. The summed E-state index contributed by atoms with van der Waals surface area (Å²) in [6.07, 6.45) is 3.32. The van der Waals surface area contributed by atoms with Crippen LogP contribution in [0.25, 0.3) is 6.08 Å². The van der Waals surface area contributed by atoms with Gasteiger partial charge in [0, 0.05) is 12.6 Å². The van der Waals surface area contributed by atoms with E-state index in [1.54, 1.807) is 24.3 Å². The molecule has 0 aliphatic carbocycles. The highest BCUT2D eigenvalue weighted by atomic mass is 16.5. The second-order valence-electron chi connectivity index (χ2n) is 6.01. The first kappa shape index (κ1) is 17.0. The van der Waals surface area contributed by atoms with Gasteiger partial charge in [-0.1, -0.05) is 12.1 Å². The summed E-state index contributed by atoms with van der Waals surface area (Å²) < 4.78 is 10.6. The second kappa shape index (κ2) is 7.28. The van der Waals surface area contributed by atoms with E-state index in [2.05, 4.69) is 0 Å². The lowest BCUT2D eigenvalue weighted by molar-refractivity contribution is -0.140. The standard InChI is InChI=1S/C17H22N2O4/c1-17(2)12-22-10-9-19(17)16(21)8-5-13-3-6-14(7-4-13)23-11-15(18)20/h3-8H,9-12H2,1-2H3,(H2,18,20)/b8-5-. The Bertz CT molecular complexity index is 593. The number of nitrogens with zero attached hydrogens (tertiary/aromatic N) is 1. The zero-order valence-corrected chi connectivity index (χ0v) is 13.5. The van der Waals surface area contributed by atoms with Crippen LogP contribution in [0.5, 0.6) is 5.75 Å². The van der Waals surface area contributed by atoms with Crippen LogP contribution in [-0.4, -0.2) is 48.6 Å². The molecule has 124 valence electrons. The lowest BCUT2D eigenvalue weighted by Crippen LogP contribution is -2.55. The van der Waals surface area contributed by atoms with Crippen molar-refractivity contribution in [2.75, 3.05) is 26.4 Å². The van der Waals surface area contributed by atoms with Crippen LogP contribution < -0.4 is 10.5 Å². The Morgan fingerprint density at radius 2 is 2.04 bits per heavy atom. The van der Waals surface area contributed by atoms with Gasteiger partial charge in [0.2, 0.25) is 5.91 Å². The fraction of sp³-hybridized carbons (Fsp3) is 0.412. The average molecular weight is 318 g/mol. The monoisotopic (exact) mass is 318 g/mol. The molecule has 23 heavy (non-hydrogen) atoms. The van der Waals surface area contributed by atoms with E-state index in [0.717, 1.165) is 5.56 Å². The van der Waals surface area contributed by atoms with Gasteiger partial charge in [0.15, 0.2) is 6.61 Å². The lowest BCUT2D eigenvalue weighted by Gasteiger charge is -2.41. The van der Waals surface area contributed by atoms with Crippen molar-refractivity contribution in [3.8, 4) is 5.75 Å². The van der Waals surface area contributed by atoms with E-state index < -0.39 is 5.91 Å². The summed E-state index contributed by atoms with van der Waals surface area (Å²) >= 11 is 0. The molecule has 1 heterocycles. The summed E-state index contributed by atoms with van der Waals surface area (Å²) in [5, 5.41) is 0. The van der Waals surface area contributed by atoms with Crippen LogP contribution in [0.15, 0.2) is 30.3 Å². The molecule has 6 heteroatoms. The summed E-state index contributed by atoms with van der Waals surface area (Å²) in [6.45, 7) is 5.52. The molecule has 1 saturated heterocycles. The molecule has 0 unspecified atom stereocenters. The highest BCUT2D eigenvalue weighted by molar-refractivity contribution is 5.92. The minimum atomic E-state index is -0.521. The summed E-state index contributed by atoms with van der Waals surface area (Å²) in [7, 11) is 0. The number of nitrogens with two attached hydrogens (primary N) is 1. The first-order valence-electron chi connectivity index (χ1n) is 7.47. The fourth-order valence-electron chi connectivity index (χ4n) is 2.35. The average Bonchev–Trinajstić information content (AvgIpc) is 2.51. The summed E-state index contributed by atoms with van der Waals surface area (Å²) in [5.74, 6) is 0.00152. The molecule has 0 aromatic heterocycles. The van der Waals surface area contributed by atoms with Crippen molar-refractivity contribution in [1.82, 2.24) is 4.90 Å². The molecule has 1 aliphatic rings. The molecule has 1 aromatic rings. The minimum absolute atomic E-state index is 0.0349. The number of benzene rings is 1. The molecule has 0 bridgehead atoms. The van der Waals surface area contributed by atoms with Crippen molar-refractivity contribution in [3.05, 3.63) is 35.9 Å². The number of amides is 2. The predicted molar refractivity (Wildman–Crippen MR) is 86.8 cm³/mol. The zero-order chi connectivity index (χ0) is 16.9. The van der Waals surface area contributed by atoms with Crippen molar-refractivity contribution in [1.29, 1.82) is 0 Å². The van der Waals surface area contributed by atoms with E-state index in [-0.39, 0.29) is 18.1 Å². The van der Waals surface area contributed by atoms with Gasteiger partial charge in [0.1, 0.15) is 5.75 Å². The predicted octanol–water partition coefficient (Wildman–Crippen LogP) is 1.20. The lowest BCUT2D eigenvalue weighted by atomic mass is 10.0. The van der Waals surface area contributed by atoms with Crippen molar-refractivity contribution in [3.63, 3.8) is 0 Å². The number of hydrogen-bond donors (Lipinski definition) is 1. The molecule has 0 atom stereocenters. The van der Waals surface area contributed by atoms with Crippen LogP contribution >= 0.6 is 0 Å². The van der Waals surface area contributed by atoms with E-state index in [1.807, 2.05) is 30.9 Å².